The van der Waals surface area contributed by atoms with Crippen LogP contribution in [0.15, 0.2) is 22.2 Å². The predicted molar refractivity (Wildman–Crippen MR) is 116 cm³/mol. The van der Waals surface area contributed by atoms with Gasteiger partial charge >= 0.3 is 0 Å². The number of thiazole rings is 1. The van der Waals surface area contributed by atoms with Crippen molar-refractivity contribution in [1.29, 1.82) is 0 Å². The zero-order chi connectivity index (χ0) is 20.6. The number of hydrogen-bond acceptors (Lipinski definition) is 7. The summed E-state index contributed by atoms with van der Waals surface area (Å²) in [4.78, 5) is 32.2. The van der Waals surface area contributed by atoms with Crippen molar-refractivity contribution in [2.24, 2.45) is 5.92 Å². The number of hydrogen-bond donors (Lipinski definition) is 2. The summed E-state index contributed by atoms with van der Waals surface area (Å²) in [5.74, 6) is -0.428. The Labute approximate surface area is 179 Å². The van der Waals surface area contributed by atoms with Crippen molar-refractivity contribution >= 4 is 34.5 Å². The summed E-state index contributed by atoms with van der Waals surface area (Å²) >= 11 is 3.03. The van der Waals surface area contributed by atoms with Gasteiger partial charge in [-0.3, -0.25) is 14.5 Å². The summed E-state index contributed by atoms with van der Waals surface area (Å²) in [5, 5.41) is 12.4. The molecule has 0 bridgehead atoms. The number of aromatic nitrogens is 1. The second-order valence-corrected chi connectivity index (χ2v) is 8.77. The molecule has 29 heavy (non-hydrogen) atoms. The van der Waals surface area contributed by atoms with Crippen LogP contribution in [0.4, 0.5) is 0 Å². The first-order valence-electron chi connectivity index (χ1n) is 9.95. The molecule has 1 fully saturated rings. The Morgan fingerprint density at radius 2 is 2.10 bits per heavy atom. The van der Waals surface area contributed by atoms with Gasteiger partial charge in [0.15, 0.2) is 0 Å². The summed E-state index contributed by atoms with van der Waals surface area (Å²) in [6.07, 6.45) is 0.791. The van der Waals surface area contributed by atoms with E-state index in [1.54, 1.807) is 16.7 Å². The first kappa shape index (κ1) is 21.9. The minimum Gasteiger partial charge on any atom is -0.379 e. The van der Waals surface area contributed by atoms with Crippen LogP contribution in [0, 0.1) is 5.92 Å². The van der Waals surface area contributed by atoms with Crippen LogP contribution in [0.1, 0.15) is 30.8 Å². The zero-order valence-corrected chi connectivity index (χ0v) is 18.5. The van der Waals surface area contributed by atoms with E-state index >= 15 is 0 Å². The van der Waals surface area contributed by atoms with Gasteiger partial charge in [-0.1, -0.05) is 20.3 Å². The van der Waals surface area contributed by atoms with Crippen molar-refractivity contribution in [2.45, 2.75) is 26.3 Å². The molecule has 0 spiro atoms. The lowest BCUT2D eigenvalue weighted by atomic mass is 9.98. The molecule has 2 N–H and O–H groups in total. The lowest BCUT2D eigenvalue weighted by Crippen LogP contribution is -2.51. The molecule has 2 aromatic rings. The number of nitrogens with zero attached hydrogens (tertiary/aromatic N) is 2. The van der Waals surface area contributed by atoms with E-state index in [0.29, 0.717) is 12.2 Å². The molecule has 0 saturated carbocycles. The Hall–Kier alpha value is -1.81. The van der Waals surface area contributed by atoms with Crippen LogP contribution in [0.5, 0.6) is 0 Å². The second kappa shape index (κ2) is 10.8. The predicted octanol–water partition coefficient (Wildman–Crippen LogP) is 2.46. The number of carbonyl (C=O) groups is 2. The van der Waals surface area contributed by atoms with Gasteiger partial charge < -0.3 is 15.4 Å². The van der Waals surface area contributed by atoms with Crippen molar-refractivity contribution in [1.82, 2.24) is 20.5 Å². The third-order valence-electron chi connectivity index (χ3n) is 5.12. The van der Waals surface area contributed by atoms with E-state index in [4.69, 9.17) is 4.74 Å². The molecule has 0 aromatic carbocycles. The van der Waals surface area contributed by atoms with Gasteiger partial charge in [-0.2, -0.15) is 11.3 Å². The Bertz CT molecular complexity index is 788. The highest BCUT2D eigenvalue weighted by Gasteiger charge is 2.27. The Balaban J connectivity index is 1.56. The van der Waals surface area contributed by atoms with E-state index < -0.39 is 6.04 Å². The monoisotopic (exact) mass is 436 g/mol. The van der Waals surface area contributed by atoms with E-state index in [2.05, 4.69) is 20.5 Å². The molecule has 1 saturated heterocycles. The SMILES string of the molecule is CC[C@@H](C)[C@H](NC(=O)c1csc(-c2ccsc2)n1)C(=O)NCCN1CCOCC1. The Morgan fingerprint density at radius 1 is 1.31 bits per heavy atom. The number of ether oxygens (including phenoxy) is 1. The molecule has 9 heteroatoms. The molecule has 3 rings (SSSR count). The second-order valence-electron chi connectivity index (χ2n) is 7.13. The Kier molecular flexibility index (Phi) is 8.17. The standard InChI is InChI=1S/C20H28N4O3S2/c1-3-14(2)17(19(26)21-5-6-24-7-9-27-10-8-24)23-18(25)16-13-29-20(22-16)15-4-11-28-12-15/h4,11-14,17H,3,5-10H2,1-2H3,(H,21,26)(H,23,25)/t14-,17+/m1/s1. The summed E-state index contributed by atoms with van der Waals surface area (Å²) in [6.45, 7) is 8.58. The third kappa shape index (κ3) is 6.08. The molecule has 0 aliphatic carbocycles. The number of amides is 2. The molecule has 0 unspecified atom stereocenters. The summed E-state index contributed by atoms with van der Waals surface area (Å²) in [7, 11) is 0. The maximum absolute atomic E-state index is 12.8. The molecule has 0 radical (unpaired) electrons. The maximum Gasteiger partial charge on any atom is 0.271 e. The van der Waals surface area contributed by atoms with Gasteiger partial charge in [0.1, 0.15) is 16.7 Å². The van der Waals surface area contributed by atoms with Crippen LogP contribution in [0.25, 0.3) is 10.6 Å². The van der Waals surface area contributed by atoms with Gasteiger partial charge in [0.05, 0.1) is 13.2 Å². The van der Waals surface area contributed by atoms with E-state index in [-0.39, 0.29) is 17.7 Å². The number of nitrogens with one attached hydrogen (secondary N) is 2. The number of rotatable bonds is 9. The minimum atomic E-state index is -0.580. The molecule has 3 heterocycles. The highest BCUT2D eigenvalue weighted by atomic mass is 32.1. The molecule has 7 nitrogen and oxygen atoms in total. The molecule has 1 aliphatic heterocycles. The highest BCUT2D eigenvalue weighted by Crippen LogP contribution is 2.25. The molecular formula is C20H28N4O3S2. The van der Waals surface area contributed by atoms with E-state index in [1.165, 1.54) is 11.3 Å². The fourth-order valence-corrected chi connectivity index (χ4v) is 4.60. The topological polar surface area (TPSA) is 83.6 Å². The highest BCUT2D eigenvalue weighted by molar-refractivity contribution is 7.14. The number of carbonyl (C=O) groups excluding carboxylic acids is 2. The lowest BCUT2D eigenvalue weighted by molar-refractivity contribution is -0.124. The van der Waals surface area contributed by atoms with Crippen molar-refractivity contribution in [3.8, 4) is 10.6 Å². The summed E-state index contributed by atoms with van der Waals surface area (Å²) < 4.78 is 5.34. The average molecular weight is 437 g/mol. The first-order valence-corrected chi connectivity index (χ1v) is 11.8. The van der Waals surface area contributed by atoms with Gasteiger partial charge in [0.25, 0.3) is 5.91 Å². The summed E-state index contributed by atoms with van der Waals surface area (Å²) in [5.41, 5.74) is 1.36. The van der Waals surface area contributed by atoms with Crippen LogP contribution in [-0.2, 0) is 9.53 Å². The number of thiophene rings is 1. The molecule has 158 valence electrons. The fourth-order valence-electron chi connectivity index (χ4n) is 3.09. The van der Waals surface area contributed by atoms with Crippen molar-refractivity contribution in [3.63, 3.8) is 0 Å². The van der Waals surface area contributed by atoms with Gasteiger partial charge in [0.2, 0.25) is 5.91 Å². The molecule has 1 aliphatic rings. The van der Waals surface area contributed by atoms with Gasteiger partial charge in [-0.25, -0.2) is 4.98 Å². The summed E-state index contributed by atoms with van der Waals surface area (Å²) in [6, 6.07) is 1.40. The van der Waals surface area contributed by atoms with Crippen LogP contribution >= 0.6 is 22.7 Å². The molecule has 2 amide bonds. The van der Waals surface area contributed by atoms with E-state index in [9.17, 15) is 9.59 Å². The molecular weight excluding hydrogens is 408 g/mol. The molecule has 2 atom stereocenters. The minimum absolute atomic E-state index is 0.0253. The lowest BCUT2D eigenvalue weighted by Gasteiger charge is -2.27. The van der Waals surface area contributed by atoms with E-state index in [0.717, 1.165) is 49.8 Å². The van der Waals surface area contributed by atoms with Gasteiger partial charge in [-0.15, -0.1) is 11.3 Å². The molecule has 2 aromatic heterocycles. The quantitative estimate of drug-likeness (QED) is 0.631. The van der Waals surface area contributed by atoms with Crippen molar-refractivity contribution in [3.05, 3.63) is 27.9 Å². The van der Waals surface area contributed by atoms with Crippen LogP contribution < -0.4 is 10.6 Å². The van der Waals surface area contributed by atoms with Crippen molar-refractivity contribution in [2.75, 3.05) is 39.4 Å². The maximum atomic E-state index is 12.8. The average Bonchev–Trinajstić information content (AvgIpc) is 3.43. The normalized spacial score (nSPS) is 16.9. The van der Waals surface area contributed by atoms with E-state index in [1.807, 2.05) is 30.7 Å². The smallest absolute Gasteiger partial charge is 0.271 e. The Morgan fingerprint density at radius 3 is 2.79 bits per heavy atom. The van der Waals surface area contributed by atoms with Gasteiger partial charge in [0, 0.05) is 42.5 Å². The van der Waals surface area contributed by atoms with Crippen LogP contribution in [0.3, 0.4) is 0 Å². The largest absolute Gasteiger partial charge is 0.379 e. The third-order valence-corrected chi connectivity index (χ3v) is 6.69. The van der Waals surface area contributed by atoms with Crippen LogP contribution in [0.2, 0.25) is 0 Å². The number of morpholine rings is 1. The zero-order valence-electron chi connectivity index (χ0n) is 16.8. The fraction of sp³-hybridized carbons (Fsp3) is 0.550. The first-order chi connectivity index (χ1) is 14.1. The van der Waals surface area contributed by atoms with Crippen molar-refractivity contribution < 1.29 is 14.3 Å². The van der Waals surface area contributed by atoms with Crippen LogP contribution in [-0.4, -0.2) is 67.1 Å². The van der Waals surface area contributed by atoms with Gasteiger partial charge in [-0.05, 0) is 17.4 Å².